The van der Waals surface area contributed by atoms with Gasteiger partial charge in [-0.15, -0.1) is 0 Å². The van der Waals surface area contributed by atoms with Crippen LogP contribution in [0.2, 0.25) is 0 Å². The van der Waals surface area contributed by atoms with Crippen molar-refractivity contribution in [1.29, 1.82) is 0 Å². The van der Waals surface area contributed by atoms with Crippen molar-refractivity contribution in [3.05, 3.63) is 65.2 Å². The molecule has 0 aliphatic carbocycles. The largest absolute Gasteiger partial charge is 0.465 e. The zero-order valence-electron chi connectivity index (χ0n) is 12.9. The zero-order chi connectivity index (χ0) is 17.1. The minimum Gasteiger partial charge on any atom is -0.465 e. The van der Waals surface area contributed by atoms with Crippen molar-refractivity contribution in [3.8, 4) is 0 Å². The molecular formula is C18H15NO5. The summed E-state index contributed by atoms with van der Waals surface area (Å²) in [5, 5.41) is 2.66. The van der Waals surface area contributed by atoms with E-state index in [1.807, 2.05) is 6.07 Å². The molecule has 1 atom stereocenters. The van der Waals surface area contributed by atoms with Gasteiger partial charge in [0.1, 0.15) is 0 Å². The summed E-state index contributed by atoms with van der Waals surface area (Å²) >= 11 is 0. The first-order valence-corrected chi connectivity index (χ1v) is 7.36. The van der Waals surface area contributed by atoms with E-state index in [4.69, 9.17) is 4.74 Å². The van der Waals surface area contributed by atoms with Crippen LogP contribution in [0.3, 0.4) is 0 Å². The number of ether oxygens (including phenoxy) is 2. The van der Waals surface area contributed by atoms with Crippen LogP contribution in [0.4, 0.5) is 5.69 Å². The van der Waals surface area contributed by atoms with Crippen LogP contribution in [-0.2, 0) is 20.7 Å². The quantitative estimate of drug-likeness (QED) is 0.875. The van der Waals surface area contributed by atoms with Gasteiger partial charge in [0.2, 0.25) is 0 Å². The average molecular weight is 325 g/mol. The number of carbonyl (C=O) groups is 3. The van der Waals surface area contributed by atoms with Crippen LogP contribution in [0.5, 0.6) is 0 Å². The highest BCUT2D eigenvalue weighted by Crippen LogP contribution is 2.21. The number of hydrogen-bond donors (Lipinski definition) is 1. The fraction of sp³-hybridized carbons (Fsp3) is 0.167. The standard InChI is InChI=1S/C18H15NO5/c1-23-17(21)12-6-4-7-13(9-12)19-16(20)15-10-11-5-2-3-8-14(11)18(22)24-15/h2-9,15H,10H2,1H3,(H,19,20)/t15-/m0/s1. The lowest BCUT2D eigenvalue weighted by atomic mass is 9.98. The Balaban J connectivity index is 1.75. The first-order chi connectivity index (χ1) is 11.6. The summed E-state index contributed by atoms with van der Waals surface area (Å²) < 4.78 is 9.85. The Labute approximate surface area is 138 Å². The summed E-state index contributed by atoms with van der Waals surface area (Å²) in [5.41, 5.74) is 2.01. The average Bonchev–Trinajstić information content (AvgIpc) is 2.61. The SMILES string of the molecule is COC(=O)c1cccc(NC(=O)[C@@H]2Cc3ccccc3C(=O)O2)c1. The summed E-state index contributed by atoms with van der Waals surface area (Å²) in [6, 6.07) is 13.4. The Hall–Kier alpha value is -3.15. The van der Waals surface area contributed by atoms with Gasteiger partial charge in [-0.05, 0) is 29.8 Å². The Morgan fingerprint density at radius 2 is 1.96 bits per heavy atom. The number of fused-ring (bicyclic) bond motifs is 1. The van der Waals surface area contributed by atoms with Crippen molar-refractivity contribution in [2.45, 2.75) is 12.5 Å². The van der Waals surface area contributed by atoms with Crippen LogP contribution in [0.1, 0.15) is 26.3 Å². The molecule has 2 aromatic rings. The maximum atomic E-state index is 12.4. The van der Waals surface area contributed by atoms with Crippen LogP contribution >= 0.6 is 0 Å². The predicted octanol–water partition coefficient (Wildman–Crippen LogP) is 2.19. The summed E-state index contributed by atoms with van der Waals surface area (Å²) in [7, 11) is 1.28. The van der Waals surface area contributed by atoms with Gasteiger partial charge in [-0.25, -0.2) is 9.59 Å². The van der Waals surface area contributed by atoms with Gasteiger partial charge in [0.15, 0.2) is 6.10 Å². The summed E-state index contributed by atoms with van der Waals surface area (Å²) in [6.07, 6.45) is -0.598. The third kappa shape index (κ3) is 3.12. The van der Waals surface area contributed by atoms with Crippen molar-refractivity contribution in [1.82, 2.24) is 0 Å². The third-order valence-corrected chi connectivity index (χ3v) is 3.74. The number of carbonyl (C=O) groups excluding carboxylic acids is 3. The minimum atomic E-state index is -0.908. The Bertz CT molecular complexity index is 815. The fourth-order valence-corrected chi connectivity index (χ4v) is 2.54. The van der Waals surface area contributed by atoms with E-state index < -0.39 is 23.9 Å². The maximum Gasteiger partial charge on any atom is 0.339 e. The molecule has 0 bridgehead atoms. The Morgan fingerprint density at radius 3 is 2.75 bits per heavy atom. The molecule has 1 amide bonds. The van der Waals surface area contributed by atoms with Gasteiger partial charge in [0.25, 0.3) is 5.91 Å². The number of benzene rings is 2. The van der Waals surface area contributed by atoms with E-state index in [2.05, 4.69) is 10.1 Å². The first kappa shape index (κ1) is 15.7. The summed E-state index contributed by atoms with van der Waals surface area (Å²) in [5.74, 6) is -1.45. The van der Waals surface area contributed by atoms with Gasteiger partial charge in [0.05, 0.1) is 18.2 Å². The number of rotatable bonds is 3. The predicted molar refractivity (Wildman–Crippen MR) is 85.8 cm³/mol. The van der Waals surface area contributed by atoms with Gasteiger partial charge in [0, 0.05) is 12.1 Å². The molecule has 3 rings (SSSR count). The lowest BCUT2D eigenvalue weighted by molar-refractivity contribution is -0.125. The van der Waals surface area contributed by atoms with Crippen LogP contribution < -0.4 is 5.32 Å². The molecule has 1 aliphatic heterocycles. The molecule has 1 heterocycles. The highest BCUT2D eigenvalue weighted by atomic mass is 16.5. The number of hydrogen-bond acceptors (Lipinski definition) is 5. The highest BCUT2D eigenvalue weighted by molar-refractivity contribution is 6.00. The molecule has 0 fully saturated rings. The van der Waals surface area contributed by atoms with Gasteiger partial charge >= 0.3 is 11.9 Å². The number of nitrogens with one attached hydrogen (secondary N) is 1. The number of esters is 2. The van der Waals surface area contributed by atoms with E-state index in [9.17, 15) is 14.4 Å². The van der Waals surface area contributed by atoms with Gasteiger partial charge < -0.3 is 14.8 Å². The van der Waals surface area contributed by atoms with Crippen molar-refractivity contribution >= 4 is 23.5 Å². The molecule has 122 valence electrons. The van der Waals surface area contributed by atoms with E-state index in [1.54, 1.807) is 36.4 Å². The number of anilines is 1. The summed E-state index contributed by atoms with van der Waals surface area (Å²) in [6.45, 7) is 0. The molecule has 0 spiro atoms. The van der Waals surface area contributed by atoms with Crippen molar-refractivity contribution in [2.75, 3.05) is 12.4 Å². The van der Waals surface area contributed by atoms with E-state index in [0.29, 0.717) is 23.2 Å². The fourth-order valence-electron chi connectivity index (χ4n) is 2.54. The molecule has 2 aromatic carbocycles. The number of amides is 1. The van der Waals surface area contributed by atoms with Crippen LogP contribution in [0.15, 0.2) is 48.5 Å². The van der Waals surface area contributed by atoms with E-state index in [-0.39, 0.29) is 0 Å². The number of cyclic esters (lactones) is 1. The van der Waals surface area contributed by atoms with E-state index >= 15 is 0 Å². The maximum absolute atomic E-state index is 12.4. The van der Waals surface area contributed by atoms with Gasteiger partial charge in [-0.2, -0.15) is 0 Å². The second-order valence-electron chi connectivity index (χ2n) is 5.32. The monoisotopic (exact) mass is 325 g/mol. The third-order valence-electron chi connectivity index (χ3n) is 3.74. The van der Waals surface area contributed by atoms with Gasteiger partial charge in [-0.3, -0.25) is 4.79 Å². The lowest BCUT2D eigenvalue weighted by Crippen LogP contribution is -2.38. The molecule has 1 N–H and O–H groups in total. The molecular weight excluding hydrogens is 310 g/mol. The molecule has 6 nitrogen and oxygen atoms in total. The summed E-state index contributed by atoms with van der Waals surface area (Å²) in [4.78, 5) is 35.9. The molecule has 1 aliphatic rings. The lowest BCUT2D eigenvalue weighted by Gasteiger charge is -2.23. The van der Waals surface area contributed by atoms with Crippen molar-refractivity contribution in [3.63, 3.8) is 0 Å². The topological polar surface area (TPSA) is 81.7 Å². The smallest absolute Gasteiger partial charge is 0.339 e. The van der Waals surface area contributed by atoms with E-state index in [0.717, 1.165) is 5.56 Å². The molecule has 0 saturated carbocycles. The molecule has 0 aromatic heterocycles. The molecule has 24 heavy (non-hydrogen) atoms. The minimum absolute atomic E-state index is 0.310. The van der Waals surface area contributed by atoms with E-state index in [1.165, 1.54) is 13.2 Å². The molecule has 0 unspecified atom stereocenters. The van der Waals surface area contributed by atoms with Gasteiger partial charge in [-0.1, -0.05) is 24.3 Å². The van der Waals surface area contributed by atoms with Crippen LogP contribution in [0, 0.1) is 0 Å². The normalized spacial score (nSPS) is 15.9. The second-order valence-corrected chi connectivity index (χ2v) is 5.32. The Morgan fingerprint density at radius 1 is 1.17 bits per heavy atom. The molecule has 6 heteroatoms. The first-order valence-electron chi connectivity index (χ1n) is 7.36. The molecule has 0 radical (unpaired) electrons. The van der Waals surface area contributed by atoms with Crippen molar-refractivity contribution < 1.29 is 23.9 Å². The Kier molecular flexibility index (Phi) is 4.29. The second kappa shape index (κ2) is 6.54. The highest BCUT2D eigenvalue weighted by Gasteiger charge is 2.31. The van der Waals surface area contributed by atoms with Crippen molar-refractivity contribution in [2.24, 2.45) is 0 Å². The molecule has 0 saturated heterocycles. The zero-order valence-corrected chi connectivity index (χ0v) is 12.9. The number of methoxy groups -OCH3 is 1. The van der Waals surface area contributed by atoms with Crippen LogP contribution in [0.25, 0.3) is 0 Å². The van der Waals surface area contributed by atoms with Crippen LogP contribution in [-0.4, -0.2) is 31.1 Å².